The Hall–Kier alpha value is -2.41. The van der Waals surface area contributed by atoms with Gasteiger partial charge in [-0.25, -0.2) is 9.18 Å². The van der Waals surface area contributed by atoms with Crippen LogP contribution in [0.25, 0.3) is 0 Å². The molecule has 3 N–H and O–H groups in total. The van der Waals surface area contributed by atoms with E-state index in [2.05, 4.69) is 31.9 Å². The van der Waals surface area contributed by atoms with Crippen LogP contribution >= 0.6 is 15.9 Å². The fraction of sp³-hybridized carbons (Fsp3) is 0.176. The number of urea groups is 1. The second kappa shape index (κ2) is 8.44. The van der Waals surface area contributed by atoms with Gasteiger partial charge >= 0.3 is 6.03 Å². The third kappa shape index (κ3) is 5.66. The van der Waals surface area contributed by atoms with Crippen LogP contribution in [0.5, 0.6) is 0 Å². The van der Waals surface area contributed by atoms with Crippen LogP contribution < -0.4 is 16.0 Å². The Morgan fingerprint density at radius 1 is 1.08 bits per heavy atom. The molecule has 0 bridgehead atoms. The van der Waals surface area contributed by atoms with Crippen molar-refractivity contribution in [1.82, 2.24) is 10.6 Å². The van der Waals surface area contributed by atoms with E-state index in [1.165, 1.54) is 12.1 Å². The first-order chi connectivity index (χ1) is 11.4. The van der Waals surface area contributed by atoms with Gasteiger partial charge in [0.2, 0.25) is 5.91 Å². The molecule has 0 fully saturated rings. The van der Waals surface area contributed by atoms with Gasteiger partial charge < -0.3 is 16.0 Å². The van der Waals surface area contributed by atoms with Gasteiger partial charge in [0.05, 0.1) is 6.54 Å². The maximum absolute atomic E-state index is 12.8. The van der Waals surface area contributed by atoms with Crippen molar-refractivity contribution in [2.24, 2.45) is 0 Å². The number of carbonyl (C=O) groups excluding carboxylic acids is 2. The quantitative estimate of drug-likeness (QED) is 0.728. The van der Waals surface area contributed by atoms with E-state index in [0.29, 0.717) is 5.69 Å². The third-order valence-corrected chi connectivity index (χ3v) is 4.11. The van der Waals surface area contributed by atoms with E-state index in [1.54, 1.807) is 18.2 Å². The SMILES string of the molecule is Cc1cc(NC(=O)CNC(=O)NCc2ccc(F)cc2)ccc1Br. The van der Waals surface area contributed by atoms with Crippen LogP contribution in [0, 0.1) is 12.7 Å². The molecule has 0 aliphatic heterocycles. The summed E-state index contributed by atoms with van der Waals surface area (Å²) in [5.41, 5.74) is 2.42. The maximum atomic E-state index is 12.8. The number of halogens is 2. The van der Waals surface area contributed by atoms with Crippen molar-refractivity contribution in [3.63, 3.8) is 0 Å². The van der Waals surface area contributed by atoms with E-state index >= 15 is 0 Å². The zero-order valence-corrected chi connectivity index (χ0v) is 14.6. The van der Waals surface area contributed by atoms with Crippen molar-refractivity contribution in [1.29, 1.82) is 0 Å². The first-order valence-corrected chi connectivity index (χ1v) is 8.05. The molecule has 0 aliphatic rings. The number of nitrogens with one attached hydrogen (secondary N) is 3. The minimum atomic E-state index is -0.471. The summed E-state index contributed by atoms with van der Waals surface area (Å²) < 4.78 is 13.7. The van der Waals surface area contributed by atoms with Gasteiger partial charge in [0, 0.05) is 16.7 Å². The Balaban J connectivity index is 1.73. The standard InChI is InChI=1S/C17H17BrFN3O2/c1-11-8-14(6-7-15(11)18)22-16(23)10-21-17(24)20-9-12-2-4-13(19)5-3-12/h2-8H,9-10H2,1H3,(H,22,23)(H2,20,21,24). The molecule has 126 valence electrons. The highest BCUT2D eigenvalue weighted by molar-refractivity contribution is 9.10. The predicted octanol–water partition coefficient (Wildman–Crippen LogP) is 3.33. The van der Waals surface area contributed by atoms with Gasteiger partial charge in [-0.1, -0.05) is 28.1 Å². The van der Waals surface area contributed by atoms with Crippen LogP contribution in [-0.2, 0) is 11.3 Å². The molecule has 0 saturated heterocycles. The molecule has 0 aliphatic carbocycles. The number of hydrogen-bond acceptors (Lipinski definition) is 2. The van der Waals surface area contributed by atoms with E-state index in [1.807, 2.05) is 19.1 Å². The predicted molar refractivity (Wildman–Crippen MR) is 94.1 cm³/mol. The van der Waals surface area contributed by atoms with Crippen LogP contribution in [0.15, 0.2) is 46.9 Å². The number of benzene rings is 2. The van der Waals surface area contributed by atoms with Crippen molar-refractivity contribution in [3.8, 4) is 0 Å². The maximum Gasteiger partial charge on any atom is 0.315 e. The molecule has 7 heteroatoms. The topological polar surface area (TPSA) is 70.2 Å². The van der Waals surface area contributed by atoms with Crippen molar-refractivity contribution < 1.29 is 14.0 Å². The van der Waals surface area contributed by atoms with E-state index < -0.39 is 6.03 Å². The number of amides is 3. The zero-order chi connectivity index (χ0) is 17.5. The van der Waals surface area contributed by atoms with Gasteiger partial charge in [-0.3, -0.25) is 4.79 Å². The minimum absolute atomic E-state index is 0.148. The lowest BCUT2D eigenvalue weighted by Gasteiger charge is -2.09. The van der Waals surface area contributed by atoms with Gasteiger partial charge in [0.25, 0.3) is 0 Å². The van der Waals surface area contributed by atoms with Gasteiger partial charge in [0.1, 0.15) is 5.82 Å². The fourth-order valence-corrected chi connectivity index (χ4v) is 2.18. The number of carbonyl (C=O) groups is 2. The fourth-order valence-electron chi connectivity index (χ4n) is 1.94. The molecule has 0 saturated carbocycles. The molecule has 2 aromatic carbocycles. The van der Waals surface area contributed by atoms with Gasteiger partial charge in [-0.15, -0.1) is 0 Å². The molecular weight excluding hydrogens is 377 g/mol. The Bertz CT molecular complexity index is 735. The average molecular weight is 394 g/mol. The number of aryl methyl sites for hydroxylation is 1. The molecule has 2 aromatic rings. The minimum Gasteiger partial charge on any atom is -0.334 e. The van der Waals surface area contributed by atoms with Crippen molar-refractivity contribution in [2.45, 2.75) is 13.5 Å². The summed E-state index contributed by atoms with van der Waals surface area (Å²) in [6, 6.07) is 10.8. The Morgan fingerprint density at radius 2 is 1.79 bits per heavy atom. The lowest BCUT2D eigenvalue weighted by molar-refractivity contribution is -0.115. The van der Waals surface area contributed by atoms with Crippen LogP contribution in [0.1, 0.15) is 11.1 Å². The molecule has 0 spiro atoms. The van der Waals surface area contributed by atoms with Crippen LogP contribution in [0.2, 0.25) is 0 Å². The molecular formula is C17H17BrFN3O2. The normalized spacial score (nSPS) is 10.1. The summed E-state index contributed by atoms with van der Waals surface area (Å²) in [6.07, 6.45) is 0. The molecule has 0 unspecified atom stereocenters. The summed E-state index contributed by atoms with van der Waals surface area (Å²) >= 11 is 3.39. The van der Waals surface area contributed by atoms with Crippen molar-refractivity contribution in [2.75, 3.05) is 11.9 Å². The second-order valence-electron chi connectivity index (χ2n) is 5.17. The number of rotatable bonds is 5. The number of hydrogen-bond donors (Lipinski definition) is 3. The summed E-state index contributed by atoms with van der Waals surface area (Å²) in [5.74, 6) is -0.656. The largest absolute Gasteiger partial charge is 0.334 e. The average Bonchev–Trinajstić information content (AvgIpc) is 2.56. The molecule has 0 heterocycles. The third-order valence-electron chi connectivity index (χ3n) is 3.22. The summed E-state index contributed by atoms with van der Waals surface area (Å²) in [7, 11) is 0. The van der Waals surface area contributed by atoms with E-state index in [0.717, 1.165) is 15.6 Å². The molecule has 0 radical (unpaired) electrons. The highest BCUT2D eigenvalue weighted by Crippen LogP contribution is 2.19. The van der Waals surface area contributed by atoms with Crippen LogP contribution in [0.4, 0.5) is 14.9 Å². The second-order valence-corrected chi connectivity index (χ2v) is 6.03. The smallest absolute Gasteiger partial charge is 0.315 e. The van der Waals surface area contributed by atoms with Crippen LogP contribution in [-0.4, -0.2) is 18.5 Å². The first kappa shape index (κ1) is 17.9. The molecule has 3 amide bonds. The van der Waals surface area contributed by atoms with Crippen LogP contribution in [0.3, 0.4) is 0 Å². The van der Waals surface area contributed by atoms with Gasteiger partial charge in [0.15, 0.2) is 0 Å². The first-order valence-electron chi connectivity index (χ1n) is 7.26. The van der Waals surface area contributed by atoms with E-state index in [4.69, 9.17) is 0 Å². The van der Waals surface area contributed by atoms with E-state index in [9.17, 15) is 14.0 Å². The molecule has 24 heavy (non-hydrogen) atoms. The summed E-state index contributed by atoms with van der Waals surface area (Å²) in [4.78, 5) is 23.5. The summed E-state index contributed by atoms with van der Waals surface area (Å²) in [5, 5.41) is 7.76. The highest BCUT2D eigenvalue weighted by atomic mass is 79.9. The monoisotopic (exact) mass is 393 g/mol. The van der Waals surface area contributed by atoms with Gasteiger partial charge in [-0.05, 0) is 48.4 Å². The van der Waals surface area contributed by atoms with Crippen molar-refractivity contribution >= 4 is 33.6 Å². The zero-order valence-electron chi connectivity index (χ0n) is 13.0. The Kier molecular flexibility index (Phi) is 6.31. The van der Waals surface area contributed by atoms with Gasteiger partial charge in [-0.2, -0.15) is 0 Å². The number of anilines is 1. The molecule has 5 nitrogen and oxygen atoms in total. The lowest BCUT2D eigenvalue weighted by atomic mass is 10.2. The molecule has 0 aromatic heterocycles. The molecule has 0 atom stereocenters. The van der Waals surface area contributed by atoms with Crippen molar-refractivity contribution in [3.05, 3.63) is 63.9 Å². The lowest BCUT2D eigenvalue weighted by Crippen LogP contribution is -2.39. The Labute approximate surface area is 147 Å². The molecule has 2 rings (SSSR count). The highest BCUT2D eigenvalue weighted by Gasteiger charge is 2.06. The summed E-state index contributed by atoms with van der Waals surface area (Å²) in [6.45, 7) is 2.02. The Morgan fingerprint density at radius 3 is 2.46 bits per heavy atom. The van der Waals surface area contributed by atoms with E-state index in [-0.39, 0.29) is 24.8 Å².